The highest BCUT2D eigenvalue weighted by molar-refractivity contribution is 9.10. The quantitative estimate of drug-likeness (QED) is 0.697. The third-order valence-corrected chi connectivity index (χ3v) is 3.26. The van der Waals surface area contributed by atoms with Gasteiger partial charge in [-0.1, -0.05) is 23.4 Å². The topological polar surface area (TPSA) is 60.9 Å². The summed E-state index contributed by atoms with van der Waals surface area (Å²) in [6.07, 6.45) is 2.89. The Balaban J connectivity index is 2.06. The molecule has 19 heavy (non-hydrogen) atoms. The van der Waals surface area contributed by atoms with Gasteiger partial charge in [0.1, 0.15) is 5.69 Å². The first-order chi connectivity index (χ1) is 9.27. The molecule has 0 aliphatic carbocycles. The van der Waals surface area contributed by atoms with Crippen molar-refractivity contribution in [3.05, 3.63) is 64.8 Å². The van der Waals surface area contributed by atoms with Crippen LogP contribution in [0.4, 0.5) is 0 Å². The predicted octanol–water partition coefficient (Wildman–Crippen LogP) is 2.85. The van der Waals surface area contributed by atoms with Crippen molar-refractivity contribution in [2.45, 2.75) is 0 Å². The van der Waals surface area contributed by atoms with Crippen LogP contribution in [-0.4, -0.2) is 20.8 Å². The first-order valence-electron chi connectivity index (χ1n) is 5.51. The van der Waals surface area contributed by atoms with Gasteiger partial charge in [-0.15, -0.1) is 5.10 Å². The number of hydrogen-bond donors (Lipinski definition) is 0. The van der Waals surface area contributed by atoms with E-state index in [2.05, 4.69) is 26.2 Å². The zero-order valence-electron chi connectivity index (χ0n) is 9.65. The molecule has 5 nitrogen and oxygen atoms in total. The number of hydrogen-bond acceptors (Lipinski definition) is 4. The molecule has 94 valence electrons. The molecule has 2 aromatic heterocycles. The number of benzene rings is 1. The minimum atomic E-state index is -0.200. The summed E-state index contributed by atoms with van der Waals surface area (Å²) < 4.78 is 6.98. The van der Waals surface area contributed by atoms with Gasteiger partial charge >= 0.3 is 0 Å². The van der Waals surface area contributed by atoms with E-state index in [-0.39, 0.29) is 5.78 Å². The summed E-state index contributed by atoms with van der Waals surface area (Å²) in [4.78, 5) is 12.4. The minimum Gasteiger partial charge on any atom is -0.457 e. The summed E-state index contributed by atoms with van der Waals surface area (Å²) in [5.41, 5.74) is 1.61. The second-order valence-electron chi connectivity index (χ2n) is 3.80. The lowest BCUT2D eigenvalue weighted by Crippen LogP contribution is -2.09. The fourth-order valence-corrected chi connectivity index (χ4v) is 2.16. The zero-order chi connectivity index (χ0) is 13.2. The Bertz CT molecular complexity index is 718. The molecule has 0 aliphatic heterocycles. The molecule has 6 heteroatoms. The third-order valence-electron chi connectivity index (χ3n) is 2.65. The van der Waals surface area contributed by atoms with Crippen LogP contribution < -0.4 is 0 Å². The maximum atomic E-state index is 12.4. The van der Waals surface area contributed by atoms with Gasteiger partial charge < -0.3 is 4.42 Å². The molecule has 3 aromatic rings. The number of furan rings is 1. The first kappa shape index (κ1) is 11.9. The Hall–Kier alpha value is -2.21. The van der Waals surface area contributed by atoms with Crippen LogP contribution in [0.5, 0.6) is 0 Å². The second kappa shape index (κ2) is 4.81. The van der Waals surface area contributed by atoms with Gasteiger partial charge in [0.15, 0.2) is 4.67 Å². The van der Waals surface area contributed by atoms with Crippen molar-refractivity contribution in [1.29, 1.82) is 0 Å². The Morgan fingerprint density at radius 2 is 2.00 bits per heavy atom. The highest BCUT2D eigenvalue weighted by atomic mass is 79.9. The average molecular weight is 318 g/mol. The molecule has 0 spiro atoms. The number of ketones is 1. The number of aromatic nitrogens is 3. The zero-order valence-corrected chi connectivity index (χ0v) is 11.2. The van der Waals surface area contributed by atoms with E-state index in [0.29, 0.717) is 15.9 Å². The summed E-state index contributed by atoms with van der Waals surface area (Å²) in [6.45, 7) is 0. The molecular formula is C13H8BrN3O2. The predicted molar refractivity (Wildman–Crippen MR) is 71.2 cm³/mol. The van der Waals surface area contributed by atoms with Gasteiger partial charge in [-0.3, -0.25) is 4.79 Å². The van der Waals surface area contributed by atoms with Crippen LogP contribution in [0.1, 0.15) is 16.1 Å². The molecular weight excluding hydrogens is 310 g/mol. The molecule has 0 fully saturated rings. The Morgan fingerprint density at radius 1 is 1.21 bits per heavy atom. The summed E-state index contributed by atoms with van der Waals surface area (Å²) in [6, 6.07) is 11.0. The monoisotopic (exact) mass is 317 g/mol. The van der Waals surface area contributed by atoms with E-state index in [4.69, 9.17) is 4.42 Å². The standard InChI is InChI=1S/C13H8BrN3O2/c14-13-10(6-7-19-13)12(18)11-8-15-16-17(11)9-4-2-1-3-5-9/h1-8H. The fraction of sp³-hybridized carbons (Fsp3) is 0. The van der Waals surface area contributed by atoms with Crippen LogP contribution in [0.3, 0.4) is 0 Å². The minimum absolute atomic E-state index is 0.200. The number of carbonyl (C=O) groups excluding carboxylic acids is 1. The number of halogens is 1. The van der Waals surface area contributed by atoms with Crippen molar-refractivity contribution in [2.24, 2.45) is 0 Å². The molecule has 0 unspecified atom stereocenters. The maximum absolute atomic E-state index is 12.4. The summed E-state index contributed by atoms with van der Waals surface area (Å²) in [5.74, 6) is -0.200. The molecule has 3 rings (SSSR count). The van der Waals surface area contributed by atoms with E-state index < -0.39 is 0 Å². The van der Waals surface area contributed by atoms with Crippen LogP contribution in [0, 0.1) is 0 Å². The largest absolute Gasteiger partial charge is 0.457 e. The van der Waals surface area contributed by atoms with Gasteiger partial charge in [-0.05, 0) is 34.1 Å². The smallest absolute Gasteiger partial charge is 0.217 e. The van der Waals surface area contributed by atoms with E-state index in [1.54, 1.807) is 6.07 Å². The molecule has 0 amide bonds. The molecule has 0 saturated carbocycles. The summed E-state index contributed by atoms with van der Waals surface area (Å²) >= 11 is 3.20. The molecule has 1 aromatic carbocycles. The molecule has 2 heterocycles. The lowest BCUT2D eigenvalue weighted by atomic mass is 10.1. The Labute approximate surface area is 117 Å². The fourth-order valence-electron chi connectivity index (χ4n) is 1.74. The van der Waals surface area contributed by atoms with Crippen LogP contribution >= 0.6 is 15.9 Å². The van der Waals surface area contributed by atoms with Gasteiger partial charge in [-0.2, -0.15) is 0 Å². The van der Waals surface area contributed by atoms with Crippen molar-refractivity contribution in [3.63, 3.8) is 0 Å². The van der Waals surface area contributed by atoms with Gasteiger partial charge in [0, 0.05) is 0 Å². The van der Waals surface area contributed by atoms with E-state index in [1.807, 2.05) is 30.3 Å². The third kappa shape index (κ3) is 2.10. The molecule has 0 saturated heterocycles. The number of carbonyl (C=O) groups is 1. The molecule has 0 aliphatic rings. The van der Waals surface area contributed by atoms with Gasteiger partial charge in [0.05, 0.1) is 23.7 Å². The molecule has 0 bridgehead atoms. The molecule has 0 radical (unpaired) electrons. The van der Waals surface area contributed by atoms with E-state index in [1.165, 1.54) is 17.1 Å². The highest BCUT2D eigenvalue weighted by Crippen LogP contribution is 2.21. The summed E-state index contributed by atoms with van der Waals surface area (Å²) in [7, 11) is 0. The SMILES string of the molecule is O=C(c1ccoc1Br)c1cnnn1-c1ccccc1. The average Bonchev–Trinajstić information content (AvgIpc) is 3.07. The van der Waals surface area contributed by atoms with E-state index in [0.717, 1.165) is 5.69 Å². The van der Waals surface area contributed by atoms with Crippen LogP contribution in [-0.2, 0) is 0 Å². The van der Waals surface area contributed by atoms with Gasteiger partial charge in [0.25, 0.3) is 0 Å². The lowest BCUT2D eigenvalue weighted by molar-refractivity contribution is 0.103. The lowest BCUT2D eigenvalue weighted by Gasteiger charge is -2.04. The number of para-hydroxylation sites is 1. The number of nitrogens with zero attached hydrogens (tertiary/aromatic N) is 3. The van der Waals surface area contributed by atoms with E-state index >= 15 is 0 Å². The highest BCUT2D eigenvalue weighted by Gasteiger charge is 2.20. The Morgan fingerprint density at radius 3 is 2.68 bits per heavy atom. The van der Waals surface area contributed by atoms with Crippen molar-refractivity contribution >= 4 is 21.7 Å². The van der Waals surface area contributed by atoms with Gasteiger partial charge in [0.2, 0.25) is 5.78 Å². The van der Waals surface area contributed by atoms with Gasteiger partial charge in [-0.25, -0.2) is 4.68 Å². The maximum Gasteiger partial charge on any atom is 0.217 e. The van der Waals surface area contributed by atoms with E-state index in [9.17, 15) is 4.79 Å². The van der Waals surface area contributed by atoms with Crippen molar-refractivity contribution in [2.75, 3.05) is 0 Å². The Kier molecular flexibility index (Phi) is 3.00. The van der Waals surface area contributed by atoms with Crippen LogP contribution in [0.15, 0.2) is 57.9 Å². The molecule has 0 atom stereocenters. The summed E-state index contributed by atoms with van der Waals surface area (Å²) in [5, 5.41) is 7.75. The normalized spacial score (nSPS) is 10.6. The van der Waals surface area contributed by atoms with Crippen molar-refractivity contribution in [1.82, 2.24) is 15.0 Å². The second-order valence-corrected chi connectivity index (χ2v) is 4.52. The van der Waals surface area contributed by atoms with Crippen LogP contribution in [0.25, 0.3) is 5.69 Å². The van der Waals surface area contributed by atoms with Crippen molar-refractivity contribution in [3.8, 4) is 5.69 Å². The number of rotatable bonds is 3. The first-order valence-corrected chi connectivity index (χ1v) is 6.30. The van der Waals surface area contributed by atoms with Crippen LogP contribution in [0.2, 0.25) is 0 Å². The molecule has 0 N–H and O–H groups in total. The van der Waals surface area contributed by atoms with Crippen molar-refractivity contribution < 1.29 is 9.21 Å².